The Morgan fingerprint density at radius 3 is 2.16 bits per heavy atom. The SMILES string of the molecule is COC(=O)CC(NC(=O)[C@H](C)NS(=O)(=O)c1ccc(NC(C)=O)cc1)c1ccc(Cl)cc1. The Morgan fingerprint density at radius 1 is 1.03 bits per heavy atom. The van der Waals surface area contributed by atoms with Crippen LogP contribution in [-0.4, -0.2) is 39.4 Å². The van der Waals surface area contributed by atoms with Gasteiger partial charge in [-0.05, 0) is 48.9 Å². The molecule has 2 aromatic rings. The van der Waals surface area contributed by atoms with Gasteiger partial charge in [-0.3, -0.25) is 14.4 Å². The quantitative estimate of drug-likeness (QED) is 0.471. The molecule has 0 aliphatic heterocycles. The van der Waals surface area contributed by atoms with Gasteiger partial charge in [-0.1, -0.05) is 23.7 Å². The third-order valence-electron chi connectivity index (χ3n) is 4.40. The standard InChI is InChI=1S/C21H24ClN3O6S/c1-13(25-32(29,30)18-10-8-17(9-11-18)23-14(2)26)21(28)24-19(12-20(27)31-3)15-4-6-16(22)7-5-15/h4-11,13,19,25H,12H2,1-3H3,(H,23,26)(H,24,28)/t13-,19?/m0/s1. The van der Waals surface area contributed by atoms with Crippen molar-refractivity contribution in [1.82, 2.24) is 10.0 Å². The molecule has 0 fully saturated rings. The normalized spacial score (nSPS) is 13.0. The van der Waals surface area contributed by atoms with Crippen LogP contribution >= 0.6 is 11.6 Å². The molecule has 0 radical (unpaired) electrons. The highest BCUT2D eigenvalue weighted by Crippen LogP contribution is 2.20. The maximum absolute atomic E-state index is 12.7. The summed E-state index contributed by atoms with van der Waals surface area (Å²) in [5.41, 5.74) is 1.05. The Bertz CT molecular complexity index is 1070. The number of sulfonamides is 1. The smallest absolute Gasteiger partial charge is 0.307 e. The number of hydrogen-bond acceptors (Lipinski definition) is 6. The Morgan fingerprint density at radius 2 is 1.62 bits per heavy atom. The van der Waals surface area contributed by atoms with Gasteiger partial charge in [0.1, 0.15) is 0 Å². The van der Waals surface area contributed by atoms with Gasteiger partial charge < -0.3 is 15.4 Å². The number of rotatable bonds is 9. The minimum absolute atomic E-state index is 0.0740. The molecule has 172 valence electrons. The Balaban J connectivity index is 2.12. The molecule has 0 bridgehead atoms. The number of methoxy groups -OCH3 is 1. The highest BCUT2D eigenvalue weighted by atomic mass is 35.5. The van der Waals surface area contributed by atoms with Gasteiger partial charge in [-0.15, -0.1) is 0 Å². The summed E-state index contributed by atoms with van der Waals surface area (Å²) < 4.78 is 32.2. The first-order chi connectivity index (χ1) is 15.0. The minimum atomic E-state index is -4.02. The molecule has 0 heterocycles. The summed E-state index contributed by atoms with van der Waals surface area (Å²) in [5.74, 6) is -1.46. The fraction of sp³-hybridized carbons (Fsp3) is 0.286. The van der Waals surface area contributed by atoms with Gasteiger partial charge in [0.2, 0.25) is 21.8 Å². The van der Waals surface area contributed by atoms with Crippen LogP contribution in [0.1, 0.15) is 31.9 Å². The first-order valence-electron chi connectivity index (χ1n) is 9.54. The van der Waals surface area contributed by atoms with Crippen LogP contribution in [0.5, 0.6) is 0 Å². The number of amides is 2. The maximum atomic E-state index is 12.7. The van der Waals surface area contributed by atoms with Crippen LogP contribution in [0.15, 0.2) is 53.4 Å². The number of anilines is 1. The van der Waals surface area contributed by atoms with Gasteiger partial charge in [-0.2, -0.15) is 4.72 Å². The molecular weight excluding hydrogens is 458 g/mol. The number of nitrogens with one attached hydrogen (secondary N) is 3. The molecule has 0 spiro atoms. The van der Waals surface area contributed by atoms with E-state index in [4.69, 9.17) is 11.6 Å². The zero-order valence-corrected chi connectivity index (χ0v) is 19.3. The van der Waals surface area contributed by atoms with Crippen molar-refractivity contribution in [3.05, 3.63) is 59.1 Å². The largest absolute Gasteiger partial charge is 0.469 e. The van der Waals surface area contributed by atoms with Gasteiger partial charge in [0.05, 0.1) is 30.5 Å². The van der Waals surface area contributed by atoms with Crippen molar-refractivity contribution in [2.45, 2.75) is 37.2 Å². The highest BCUT2D eigenvalue weighted by Gasteiger charge is 2.26. The summed E-state index contributed by atoms with van der Waals surface area (Å²) in [6, 6.07) is 10.2. The molecule has 9 nitrogen and oxygen atoms in total. The van der Waals surface area contributed by atoms with Crippen LogP contribution in [0, 0.1) is 0 Å². The molecular formula is C21H24ClN3O6S. The second-order valence-electron chi connectivity index (χ2n) is 6.94. The number of ether oxygens (including phenoxy) is 1. The predicted octanol–water partition coefficient (Wildman–Crippen LogP) is 2.39. The minimum Gasteiger partial charge on any atom is -0.469 e. The Labute approximate surface area is 191 Å². The number of halogens is 1. The first kappa shape index (κ1) is 25.3. The number of hydrogen-bond donors (Lipinski definition) is 3. The van der Waals surface area contributed by atoms with E-state index in [2.05, 4.69) is 20.1 Å². The topological polar surface area (TPSA) is 131 Å². The summed E-state index contributed by atoms with van der Waals surface area (Å²) in [5, 5.41) is 5.69. The van der Waals surface area contributed by atoms with E-state index in [1.54, 1.807) is 24.3 Å². The lowest BCUT2D eigenvalue weighted by molar-refractivity contribution is -0.141. The van der Waals surface area contributed by atoms with E-state index < -0.39 is 34.0 Å². The van der Waals surface area contributed by atoms with Crippen LogP contribution in [-0.2, 0) is 29.1 Å². The molecule has 2 amide bonds. The molecule has 2 rings (SSSR count). The van der Waals surface area contributed by atoms with Crippen molar-refractivity contribution in [3.63, 3.8) is 0 Å². The number of carbonyl (C=O) groups excluding carboxylic acids is 3. The molecule has 0 aliphatic rings. The van der Waals surface area contributed by atoms with Crippen molar-refractivity contribution in [2.24, 2.45) is 0 Å². The lowest BCUT2D eigenvalue weighted by Crippen LogP contribution is -2.46. The van der Waals surface area contributed by atoms with E-state index in [0.29, 0.717) is 16.3 Å². The number of esters is 1. The van der Waals surface area contributed by atoms with Gasteiger partial charge in [0, 0.05) is 17.6 Å². The summed E-state index contributed by atoms with van der Waals surface area (Å²) >= 11 is 5.89. The predicted molar refractivity (Wildman–Crippen MR) is 119 cm³/mol. The van der Waals surface area contributed by atoms with Crippen LogP contribution in [0.3, 0.4) is 0 Å². The monoisotopic (exact) mass is 481 g/mol. The van der Waals surface area contributed by atoms with Crippen LogP contribution < -0.4 is 15.4 Å². The van der Waals surface area contributed by atoms with Crippen molar-refractivity contribution < 1.29 is 27.5 Å². The molecule has 2 aromatic carbocycles. The molecule has 11 heteroatoms. The summed E-state index contributed by atoms with van der Waals surface area (Å²) in [4.78, 5) is 35.5. The fourth-order valence-electron chi connectivity index (χ4n) is 2.77. The van der Waals surface area contributed by atoms with Gasteiger partial charge in [0.25, 0.3) is 0 Å². The lowest BCUT2D eigenvalue weighted by Gasteiger charge is -2.21. The van der Waals surface area contributed by atoms with E-state index in [9.17, 15) is 22.8 Å². The van der Waals surface area contributed by atoms with E-state index in [-0.39, 0.29) is 17.2 Å². The van der Waals surface area contributed by atoms with Crippen LogP contribution in [0.2, 0.25) is 5.02 Å². The van der Waals surface area contributed by atoms with Crippen molar-refractivity contribution in [1.29, 1.82) is 0 Å². The number of carbonyl (C=O) groups is 3. The summed E-state index contributed by atoms with van der Waals surface area (Å²) in [6.07, 6.45) is -0.145. The van der Waals surface area contributed by atoms with E-state index in [0.717, 1.165) is 0 Å². The third-order valence-corrected chi connectivity index (χ3v) is 6.21. The fourth-order valence-corrected chi connectivity index (χ4v) is 4.10. The van der Waals surface area contributed by atoms with Crippen molar-refractivity contribution in [2.75, 3.05) is 12.4 Å². The molecule has 0 saturated carbocycles. The Kier molecular flexibility index (Phi) is 8.76. The number of benzene rings is 2. The average Bonchev–Trinajstić information content (AvgIpc) is 2.73. The molecule has 0 aromatic heterocycles. The van der Waals surface area contributed by atoms with Crippen molar-refractivity contribution >= 4 is 45.1 Å². The third kappa shape index (κ3) is 7.33. The molecule has 2 atom stereocenters. The van der Waals surface area contributed by atoms with E-state index in [1.807, 2.05) is 0 Å². The molecule has 1 unspecified atom stereocenters. The zero-order valence-electron chi connectivity index (χ0n) is 17.7. The second-order valence-corrected chi connectivity index (χ2v) is 9.09. The van der Waals surface area contributed by atoms with Crippen LogP contribution in [0.25, 0.3) is 0 Å². The first-order valence-corrected chi connectivity index (χ1v) is 11.4. The second kappa shape index (κ2) is 11.1. The molecule has 3 N–H and O–H groups in total. The maximum Gasteiger partial charge on any atom is 0.307 e. The van der Waals surface area contributed by atoms with Gasteiger partial charge in [-0.25, -0.2) is 8.42 Å². The molecule has 0 aliphatic carbocycles. The van der Waals surface area contributed by atoms with Gasteiger partial charge >= 0.3 is 5.97 Å². The molecule has 0 saturated heterocycles. The Hall–Kier alpha value is -2.95. The van der Waals surface area contributed by atoms with Crippen molar-refractivity contribution in [3.8, 4) is 0 Å². The summed E-state index contributed by atoms with van der Waals surface area (Å²) in [6.45, 7) is 2.72. The summed E-state index contributed by atoms with van der Waals surface area (Å²) in [7, 11) is -2.78. The van der Waals surface area contributed by atoms with Gasteiger partial charge in [0.15, 0.2) is 0 Å². The van der Waals surface area contributed by atoms with Crippen LogP contribution in [0.4, 0.5) is 5.69 Å². The highest BCUT2D eigenvalue weighted by molar-refractivity contribution is 7.89. The van der Waals surface area contributed by atoms with E-state index in [1.165, 1.54) is 45.2 Å². The zero-order chi connectivity index (χ0) is 23.9. The molecule has 32 heavy (non-hydrogen) atoms. The lowest BCUT2D eigenvalue weighted by atomic mass is 10.0. The average molecular weight is 482 g/mol. The van der Waals surface area contributed by atoms with E-state index >= 15 is 0 Å².